The molecule has 0 fully saturated rings. The Hall–Kier alpha value is -2.79. The fraction of sp³-hybridized carbons (Fsp3) is 0.440. The van der Waals surface area contributed by atoms with Crippen LogP contribution < -0.4 is 9.62 Å². The molecule has 0 aliphatic heterocycles. The Morgan fingerprint density at radius 2 is 1.73 bits per heavy atom. The van der Waals surface area contributed by atoms with Crippen LogP contribution in [0.25, 0.3) is 0 Å². The number of carbonyl (C=O) groups is 2. The van der Waals surface area contributed by atoms with Crippen molar-refractivity contribution in [1.82, 2.24) is 10.2 Å². The van der Waals surface area contributed by atoms with E-state index in [1.54, 1.807) is 32.9 Å². The highest BCUT2D eigenvalue weighted by atomic mass is 35.5. The minimum absolute atomic E-state index is 0.00154. The van der Waals surface area contributed by atoms with Crippen molar-refractivity contribution in [2.75, 3.05) is 17.1 Å². The first-order valence-corrected chi connectivity index (χ1v) is 13.8. The zero-order valence-electron chi connectivity index (χ0n) is 21.3. The fourth-order valence-electron chi connectivity index (χ4n) is 3.77. The summed E-state index contributed by atoms with van der Waals surface area (Å²) in [6.45, 7) is 6.27. The van der Waals surface area contributed by atoms with Crippen LogP contribution in [0, 0.1) is 6.92 Å². The van der Waals surface area contributed by atoms with Gasteiger partial charge in [0.1, 0.15) is 12.6 Å². The van der Waals surface area contributed by atoms with Crippen LogP contribution in [-0.4, -0.2) is 50.0 Å². The Kier molecular flexibility index (Phi) is 10.0. The predicted octanol–water partition coefficient (Wildman–Crippen LogP) is 4.77. The van der Waals surface area contributed by atoms with Crippen LogP contribution in [0.1, 0.15) is 43.9 Å². The molecule has 12 heteroatoms. The van der Waals surface area contributed by atoms with E-state index in [2.05, 4.69) is 5.32 Å². The van der Waals surface area contributed by atoms with Crippen molar-refractivity contribution in [3.63, 3.8) is 0 Å². The first kappa shape index (κ1) is 30.4. The molecule has 0 aromatic heterocycles. The van der Waals surface area contributed by atoms with Crippen molar-refractivity contribution in [2.45, 2.75) is 58.9 Å². The molecule has 0 spiro atoms. The summed E-state index contributed by atoms with van der Waals surface area (Å²) in [6, 6.07) is 8.68. The van der Waals surface area contributed by atoms with Gasteiger partial charge in [0.2, 0.25) is 21.8 Å². The lowest BCUT2D eigenvalue weighted by Gasteiger charge is -2.33. The van der Waals surface area contributed by atoms with Crippen molar-refractivity contribution < 1.29 is 31.2 Å². The summed E-state index contributed by atoms with van der Waals surface area (Å²) in [7, 11) is -4.20. The molecular formula is C25H31ClF3N3O4S. The number of rotatable bonds is 10. The predicted molar refractivity (Wildman–Crippen MR) is 138 cm³/mol. The number of nitrogens with one attached hydrogen (secondary N) is 1. The van der Waals surface area contributed by atoms with Gasteiger partial charge in [-0.3, -0.25) is 13.9 Å². The topological polar surface area (TPSA) is 86.8 Å². The van der Waals surface area contributed by atoms with Crippen LogP contribution in [0.3, 0.4) is 0 Å². The average molecular weight is 562 g/mol. The molecule has 204 valence electrons. The Balaban J connectivity index is 2.54. The largest absolute Gasteiger partial charge is 0.417 e. The first-order valence-electron chi connectivity index (χ1n) is 11.5. The number of halogens is 4. The molecule has 1 N–H and O–H groups in total. The number of nitrogens with zero attached hydrogens (tertiary/aromatic N) is 2. The van der Waals surface area contributed by atoms with Crippen molar-refractivity contribution in [3.05, 3.63) is 64.2 Å². The number of sulfonamides is 1. The lowest BCUT2D eigenvalue weighted by molar-refractivity contribution is -0.140. The third-order valence-electron chi connectivity index (χ3n) is 5.64. The summed E-state index contributed by atoms with van der Waals surface area (Å²) >= 11 is 5.69. The van der Waals surface area contributed by atoms with Gasteiger partial charge >= 0.3 is 6.18 Å². The van der Waals surface area contributed by atoms with Crippen LogP contribution in [-0.2, 0) is 32.3 Å². The molecule has 37 heavy (non-hydrogen) atoms. The monoisotopic (exact) mass is 561 g/mol. The van der Waals surface area contributed by atoms with E-state index >= 15 is 0 Å². The number of amides is 2. The zero-order valence-corrected chi connectivity index (χ0v) is 22.8. The summed E-state index contributed by atoms with van der Waals surface area (Å²) in [5.74, 6) is -1.17. The van der Waals surface area contributed by atoms with Gasteiger partial charge in [-0.25, -0.2) is 8.42 Å². The van der Waals surface area contributed by atoms with Crippen molar-refractivity contribution in [2.24, 2.45) is 0 Å². The third-order valence-corrected chi connectivity index (χ3v) is 7.11. The van der Waals surface area contributed by atoms with Crippen LogP contribution in [0.15, 0.2) is 42.5 Å². The lowest BCUT2D eigenvalue weighted by Crippen LogP contribution is -2.53. The Bertz CT molecular complexity index is 1240. The highest BCUT2D eigenvalue weighted by molar-refractivity contribution is 7.92. The van der Waals surface area contributed by atoms with E-state index in [-0.39, 0.29) is 24.7 Å². The number of alkyl halides is 3. The Morgan fingerprint density at radius 3 is 2.24 bits per heavy atom. The van der Waals surface area contributed by atoms with Crippen LogP contribution >= 0.6 is 11.6 Å². The van der Waals surface area contributed by atoms with E-state index < -0.39 is 51.2 Å². The van der Waals surface area contributed by atoms with Gasteiger partial charge < -0.3 is 10.2 Å². The molecule has 0 heterocycles. The molecule has 0 aliphatic rings. The normalized spacial score (nSPS) is 12.8. The molecule has 0 radical (unpaired) electrons. The van der Waals surface area contributed by atoms with Gasteiger partial charge in [0.15, 0.2) is 0 Å². The fourth-order valence-corrected chi connectivity index (χ4v) is 4.84. The maximum atomic E-state index is 13.6. The highest BCUT2D eigenvalue weighted by Gasteiger charge is 2.36. The van der Waals surface area contributed by atoms with Gasteiger partial charge in [0.05, 0.1) is 22.5 Å². The number of benzene rings is 2. The van der Waals surface area contributed by atoms with Crippen LogP contribution in [0.2, 0.25) is 5.02 Å². The standard InChI is InChI=1S/C25H31ClF3N3O4S/c1-6-22(24(34)30-16(2)3)31(14-18-10-8-7-9-17(18)4)23(33)15-32(37(5,35)36)19-11-12-21(26)20(13-19)25(27,28)29/h7-13,16,22H,6,14-15H2,1-5H3,(H,30,34). The molecule has 1 atom stereocenters. The summed E-state index contributed by atoms with van der Waals surface area (Å²) < 4.78 is 66.1. The van der Waals surface area contributed by atoms with Gasteiger partial charge in [-0.2, -0.15) is 13.2 Å². The van der Waals surface area contributed by atoms with Crippen molar-refractivity contribution in [3.8, 4) is 0 Å². The summed E-state index contributed by atoms with van der Waals surface area (Å²) in [5.41, 5.74) is -0.00862. The molecule has 2 aromatic rings. The second-order valence-corrected chi connectivity index (χ2v) is 11.3. The van der Waals surface area contributed by atoms with Crippen molar-refractivity contribution >= 4 is 39.1 Å². The second kappa shape index (κ2) is 12.2. The van der Waals surface area contributed by atoms with E-state index in [0.29, 0.717) is 10.4 Å². The van der Waals surface area contributed by atoms with Crippen molar-refractivity contribution in [1.29, 1.82) is 0 Å². The zero-order chi connectivity index (χ0) is 28.1. The van der Waals surface area contributed by atoms with Gasteiger partial charge in [-0.05, 0) is 56.5 Å². The van der Waals surface area contributed by atoms with Gasteiger partial charge in [0, 0.05) is 12.6 Å². The number of hydrogen-bond donors (Lipinski definition) is 1. The number of anilines is 1. The van der Waals surface area contributed by atoms with Gasteiger partial charge in [-0.1, -0.05) is 42.8 Å². The minimum Gasteiger partial charge on any atom is -0.352 e. The highest BCUT2D eigenvalue weighted by Crippen LogP contribution is 2.37. The number of hydrogen-bond acceptors (Lipinski definition) is 4. The Labute approximate surface area is 220 Å². The smallest absolute Gasteiger partial charge is 0.352 e. The van der Waals surface area contributed by atoms with Gasteiger partial charge in [0.25, 0.3) is 0 Å². The van der Waals surface area contributed by atoms with Gasteiger partial charge in [-0.15, -0.1) is 0 Å². The van der Waals surface area contributed by atoms with E-state index in [4.69, 9.17) is 11.6 Å². The van der Waals surface area contributed by atoms with Crippen LogP contribution in [0.5, 0.6) is 0 Å². The SMILES string of the molecule is CCC(C(=O)NC(C)C)N(Cc1ccccc1C)C(=O)CN(c1ccc(Cl)c(C(F)(F)F)c1)S(C)(=O)=O. The molecule has 0 saturated heterocycles. The second-order valence-electron chi connectivity index (χ2n) is 8.97. The molecule has 7 nitrogen and oxygen atoms in total. The summed E-state index contributed by atoms with van der Waals surface area (Å²) in [5, 5.41) is 2.17. The quantitative estimate of drug-likeness (QED) is 0.453. The summed E-state index contributed by atoms with van der Waals surface area (Å²) in [6.07, 6.45) is -3.82. The molecule has 2 amide bonds. The molecule has 1 unspecified atom stereocenters. The van der Waals surface area contributed by atoms with Crippen LogP contribution in [0.4, 0.5) is 18.9 Å². The molecule has 0 bridgehead atoms. The van der Waals surface area contributed by atoms with E-state index in [0.717, 1.165) is 29.5 Å². The Morgan fingerprint density at radius 1 is 1.11 bits per heavy atom. The number of aryl methyl sites for hydroxylation is 1. The average Bonchev–Trinajstić information content (AvgIpc) is 2.77. The molecular weight excluding hydrogens is 531 g/mol. The van der Waals surface area contributed by atoms with E-state index in [1.165, 1.54) is 4.90 Å². The maximum Gasteiger partial charge on any atom is 0.417 e. The number of carbonyl (C=O) groups excluding carboxylic acids is 2. The minimum atomic E-state index is -4.83. The molecule has 2 aromatic carbocycles. The maximum absolute atomic E-state index is 13.6. The molecule has 0 aliphatic carbocycles. The summed E-state index contributed by atoms with van der Waals surface area (Å²) in [4.78, 5) is 27.9. The molecule has 2 rings (SSSR count). The van der Waals surface area contributed by atoms with E-state index in [9.17, 15) is 31.2 Å². The lowest BCUT2D eigenvalue weighted by atomic mass is 10.1. The third kappa shape index (κ3) is 8.10. The van der Waals surface area contributed by atoms with E-state index in [1.807, 2.05) is 19.1 Å². The first-order chi connectivity index (χ1) is 17.1. The molecule has 0 saturated carbocycles.